The molecule has 0 N–H and O–H groups in total. The van der Waals surface area contributed by atoms with Gasteiger partial charge in [-0.05, 0) is 22.9 Å². The van der Waals surface area contributed by atoms with Gasteiger partial charge in [-0.25, -0.2) is 0 Å². The Morgan fingerprint density at radius 2 is 1.59 bits per heavy atom. The largest absolute Gasteiger partial charge is 1.00 e. The van der Waals surface area contributed by atoms with E-state index in [1.807, 2.05) is 24.3 Å². The van der Waals surface area contributed by atoms with E-state index < -0.39 is 13.5 Å². The minimum atomic E-state index is -4.90. The minimum Gasteiger partial charge on any atom is -0.522 e. The molecule has 0 saturated carbocycles. The van der Waals surface area contributed by atoms with E-state index in [1.54, 1.807) is 18.2 Å². The fourth-order valence-corrected chi connectivity index (χ4v) is 1.45. The predicted octanol–water partition coefficient (Wildman–Crippen LogP) is 0.609. The number of ether oxygens (including phenoxy) is 1. The third-order valence-corrected chi connectivity index (χ3v) is 2.16. The van der Waals surface area contributed by atoms with Crippen molar-refractivity contribution in [2.75, 3.05) is 6.51 Å². The number of benzene rings is 2. The molecule has 0 aliphatic rings. The molecule has 0 saturated heterocycles. The third kappa shape index (κ3) is 4.63. The van der Waals surface area contributed by atoms with Crippen molar-refractivity contribution in [1.82, 2.24) is 0 Å². The molecule has 0 bridgehead atoms. The van der Waals surface area contributed by atoms with Crippen LogP contribution in [0.1, 0.15) is 0 Å². The van der Waals surface area contributed by atoms with Gasteiger partial charge in [-0.15, -0.1) is 0 Å². The van der Waals surface area contributed by atoms with E-state index in [0.717, 1.165) is 10.8 Å². The van der Waals surface area contributed by atoms with E-state index in [2.05, 4.69) is 4.74 Å². The Labute approximate surface area is 140 Å². The summed E-state index contributed by atoms with van der Waals surface area (Å²) in [4.78, 5) is 0. The van der Waals surface area contributed by atoms with Crippen LogP contribution in [0.15, 0.2) is 42.5 Å². The molecule has 84 valence electrons. The van der Waals surface area contributed by atoms with Crippen molar-refractivity contribution in [3.8, 4) is 5.75 Å². The number of hydrogen-bond donors (Lipinski definition) is 0. The van der Waals surface area contributed by atoms with Crippen LogP contribution in [0.2, 0.25) is 0 Å². The van der Waals surface area contributed by atoms with Gasteiger partial charge in [-0.3, -0.25) is 0 Å². The quantitative estimate of drug-likeness (QED) is 0.738. The molecule has 2 rings (SSSR count). The zero-order valence-electron chi connectivity index (χ0n) is 9.37. The van der Waals surface area contributed by atoms with Crippen LogP contribution in [-0.2, 0) is 0 Å². The SMILES string of the molecule is F[B-](F)(F)COc1ccc2ccccc2c1.[K+]. The molecule has 0 amide bonds. The summed E-state index contributed by atoms with van der Waals surface area (Å²) >= 11 is 0. The molecule has 0 unspecified atom stereocenters. The summed E-state index contributed by atoms with van der Waals surface area (Å²) < 4.78 is 40.7. The number of hydrogen-bond acceptors (Lipinski definition) is 1. The summed E-state index contributed by atoms with van der Waals surface area (Å²) in [5, 5.41) is 1.85. The average Bonchev–Trinajstić information content (AvgIpc) is 2.25. The fourth-order valence-electron chi connectivity index (χ4n) is 1.45. The molecule has 0 aromatic heterocycles. The maximum Gasteiger partial charge on any atom is 1.00 e. The van der Waals surface area contributed by atoms with Crippen molar-refractivity contribution >= 4 is 17.7 Å². The smallest absolute Gasteiger partial charge is 0.522 e. The molecular formula is C11H9BF3KO. The van der Waals surface area contributed by atoms with Crippen molar-refractivity contribution < 1.29 is 69.1 Å². The molecule has 0 fully saturated rings. The van der Waals surface area contributed by atoms with Gasteiger partial charge in [0, 0.05) is 0 Å². The first-order chi connectivity index (χ1) is 7.54. The molecular weight excluding hydrogens is 255 g/mol. The van der Waals surface area contributed by atoms with Crippen LogP contribution >= 0.6 is 0 Å². The van der Waals surface area contributed by atoms with Crippen molar-refractivity contribution in [2.24, 2.45) is 0 Å². The van der Waals surface area contributed by atoms with Gasteiger partial charge in [0.05, 0.1) is 6.51 Å². The second kappa shape index (κ2) is 6.24. The number of fused-ring (bicyclic) bond motifs is 1. The molecule has 2 aromatic rings. The Balaban J connectivity index is 0.00000144. The number of rotatable bonds is 3. The molecule has 0 heterocycles. The summed E-state index contributed by atoms with van der Waals surface area (Å²) in [5.41, 5.74) is 0. The van der Waals surface area contributed by atoms with E-state index in [0.29, 0.717) is 0 Å². The van der Waals surface area contributed by atoms with Crippen molar-refractivity contribution in [3.05, 3.63) is 42.5 Å². The summed E-state index contributed by atoms with van der Waals surface area (Å²) in [7, 11) is 0. The van der Waals surface area contributed by atoms with Crippen LogP contribution in [0.25, 0.3) is 10.8 Å². The summed E-state index contributed by atoms with van der Waals surface area (Å²) in [5.74, 6) is 0.248. The fraction of sp³-hybridized carbons (Fsp3) is 0.0909. The van der Waals surface area contributed by atoms with E-state index in [4.69, 9.17) is 0 Å². The van der Waals surface area contributed by atoms with Crippen LogP contribution < -0.4 is 56.1 Å². The summed E-state index contributed by atoms with van der Waals surface area (Å²) in [6, 6.07) is 12.3. The second-order valence-corrected chi connectivity index (χ2v) is 3.53. The predicted molar refractivity (Wildman–Crippen MR) is 58.5 cm³/mol. The number of halogens is 3. The normalized spacial score (nSPS) is 11.0. The average molecular weight is 264 g/mol. The molecule has 0 radical (unpaired) electrons. The molecule has 0 spiro atoms. The Morgan fingerprint density at radius 3 is 2.24 bits per heavy atom. The molecule has 0 atom stereocenters. The van der Waals surface area contributed by atoms with Gasteiger partial charge in [0.1, 0.15) is 5.75 Å². The van der Waals surface area contributed by atoms with Crippen LogP contribution in [0.4, 0.5) is 12.9 Å². The maximum absolute atomic E-state index is 12.0. The molecule has 6 heteroatoms. The Bertz CT molecular complexity index is 501. The maximum atomic E-state index is 12.0. The van der Waals surface area contributed by atoms with Crippen LogP contribution in [0, 0.1) is 0 Å². The second-order valence-electron chi connectivity index (χ2n) is 3.53. The van der Waals surface area contributed by atoms with Crippen LogP contribution in [0.5, 0.6) is 5.75 Å². The standard InChI is InChI=1S/C11H9BF3O.K/c13-12(14,15)8-16-11-6-5-9-3-1-2-4-10(9)7-11;/h1-7H,8H2;/q-1;+1. The first-order valence-corrected chi connectivity index (χ1v) is 4.87. The van der Waals surface area contributed by atoms with E-state index in [9.17, 15) is 12.9 Å². The zero-order valence-corrected chi connectivity index (χ0v) is 12.5. The van der Waals surface area contributed by atoms with Gasteiger partial charge in [-0.2, -0.15) is 0 Å². The summed E-state index contributed by atoms with van der Waals surface area (Å²) in [6.45, 7) is -6.09. The van der Waals surface area contributed by atoms with Crippen LogP contribution in [-0.4, -0.2) is 13.5 Å². The first kappa shape index (κ1) is 15.1. The van der Waals surface area contributed by atoms with E-state index in [-0.39, 0.29) is 57.1 Å². The van der Waals surface area contributed by atoms with Gasteiger partial charge in [0.25, 0.3) is 0 Å². The zero-order chi connectivity index (χ0) is 11.6. The molecule has 0 aliphatic carbocycles. The Kier molecular flexibility index (Phi) is 5.53. The minimum absolute atomic E-state index is 0. The Hall–Kier alpha value is -0.00870. The van der Waals surface area contributed by atoms with Crippen LogP contribution in [0.3, 0.4) is 0 Å². The van der Waals surface area contributed by atoms with Gasteiger partial charge in [0.15, 0.2) is 0 Å². The molecule has 2 aromatic carbocycles. The van der Waals surface area contributed by atoms with Gasteiger partial charge in [-0.1, -0.05) is 30.3 Å². The monoisotopic (exact) mass is 264 g/mol. The van der Waals surface area contributed by atoms with Gasteiger partial charge >= 0.3 is 58.4 Å². The molecule has 1 nitrogen and oxygen atoms in total. The molecule has 17 heavy (non-hydrogen) atoms. The molecule has 0 aliphatic heterocycles. The van der Waals surface area contributed by atoms with Crippen molar-refractivity contribution in [3.63, 3.8) is 0 Å². The van der Waals surface area contributed by atoms with Crippen molar-refractivity contribution in [1.29, 1.82) is 0 Å². The first-order valence-electron chi connectivity index (χ1n) is 4.87. The summed E-state index contributed by atoms with van der Waals surface area (Å²) in [6.07, 6.45) is 0. The van der Waals surface area contributed by atoms with Gasteiger partial charge in [0.2, 0.25) is 0 Å². The topological polar surface area (TPSA) is 9.23 Å². The van der Waals surface area contributed by atoms with E-state index >= 15 is 0 Å². The van der Waals surface area contributed by atoms with E-state index in [1.165, 1.54) is 0 Å². The third-order valence-electron chi connectivity index (χ3n) is 2.16. The van der Waals surface area contributed by atoms with Crippen molar-refractivity contribution in [2.45, 2.75) is 0 Å². The Morgan fingerprint density at radius 1 is 0.941 bits per heavy atom. The van der Waals surface area contributed by atoms with Gasteiger partial charge < -0.3 is 17.7 Å².